The lowest BCUT2D eigenvalue weighted by Crippen LogP contribution is -2.30. The van der Waals surface area contributed by atoms with Crippen LogP contribution in [-0.2, 0) is 65.4 Å². The maximum atomic E-state index is 12.8. The summed E-state index contributed by atoms with van der Waals surface area (Å²) >= 11 is 0. The molecule has 0 aliphatic carbocycles. The minimum Gasteiger partial charge on any atom is -0.462 e. The van der Waals surface area contributed by atoms with Crippen LogP contribution in [0.4, 0.5) is 0 Å². The smallest absolute Gasteiger partial charge is 0.462 e. The Morgan fingerprint density at radius 3 is 0.843 bits per heavy atom. The molecule has 414 valence electrons. The van der Waals surface area contributed by atoms with Crippen LogP contribution in [0, 0.1) is 0 Å². The fourth-order valence-corrected chi connectivity index (χ4v) is 8.91. The van der Waals surface area contributed by atoms with Crippen molar-refractivity contribution in [3.63, 3.8) is 0 Å². The molecule has 17 nitrogen and oxygen atoms in total. The molecular formula is C51H98O17P2. The van der Waals surface area contributed by atoms with Gasteiger partial charge in [-0.2, -0.15) is 0 Å². The molecule has 0 heterocycles. The first-order valence-corrected chi connectivity index (χ1v) is 30.3. The minimum atomic E-state index is -4.92. The lowest BCUT2D eigenvalue weighted by atomic mass is 10.1. The SMILES string of the molecule is CCCCCCCCCCCCCC(=O)O[C@H](COC(=O)CCCCCCCCCCC)COP(=O)(O)OC[C@@H](O)COP(=O)(O)OC[C@@H](COC(=O)CCCCCCC)OC(=O)CCCCCCC. The topological polar surface area (TPSA) is 237 Å². The summed E-state index contributed by atoms with van der Waals surface area (Å²) < 4.78 is 67.0. The number of aliphatic hydroxyl groups is 1. The highest BCUT2D eigenvalue weighted by molar-refractivity contribution is 7.47. The number of rotatable bonds is 52. The molecule has 0 fully saturated rings. The van der Waals surface area contributed by atoms with Gasteiger partial charge in [0.1, 0.15) is 19.3 Å². The monoisotopic (exact) mass is 1040 g/mol. The molecule has 0 radical (unpaired) electrons. The Labute approximate surface area is 422 Å². The van der Waals surface area contributed by atoms with Crippen LogP contribution in [-0.4, -0.2) is 96.7 Å². The zero-order valence-corrected chi connectivity index (χ0v) is 45.8. The van der Waals surface area contributed by atoms with Crippen LogP contribution in [0.15, 0.2) is 0 Å². The Kier molecular flexibility index (Phi) is 45.5. The first-order valence-electron chi connectivity index (χ1n) is 27.3. The standard InChI is InChI=1S/C51H98O17P2/c1-5-9-13-17-19-21-22-24-26-30-34-38-51(56)68-47(42-62-49(54)36-32-29-25-23-20-18-14-10-6-2)44-66-70(59,60)64-40-45(52)39-63-69(57,58)65-43-46(67-50(55)37-33-28-16-12-8-4)41-61-48(53)35-31-27-15-11-7-3/h45-47,52H,5-44H2,1-4H3,(H,57,58)(H,59,60)/t45-,46+,47+/m0/s1. The normalized spacial score (nSPS) is 14.6. The van der Waals surface area contributed by atoms with Crippen molar-refractivity contribution in [2.24, 2.45) is 0 Å². The number of hydrogen-bond acceptors (Lipinski definition) is 15. The predicted molar refractivity (Wildman–Crippen MR) is 271 cm³/mol. The van der Waals surface area contributed by atoms with Crippen molar-refractivity contribution in [2.75, 3.05) is 39.6 Å². The lowest BCUT2D eigenvalue weighted by molar-refractivity contribution is -0.161. The van der Waals surface area contributed by atoms with Gasteiger partial charge in [-0.25, -0.2) is 9.13 Å². The van der Waals surface area contributed by atoms with E-state index in [0.29, 0.717) is 25.7 Å². The second-order valence-corrected chi connectivity index (χ2v) is 21.5. The quantitative estimate of drug-likeness (QED) is 0.0222. The van der Waals surface area contributed by atoms with E-state index in [1.54, 1.807) is 0 Å². The van der Waals surface area contributed by atoms with Gasteiger partial charge in [-0.05, 0) is 25.7 Å². The second-order valence-electron chi connectivity index (χ2n) is 18.6. The average molecular weight is 1050 g/mol. The van der Waals surface area contributed by atoms with Gasteiger partial charge in [0.15, 0.2) is 12.2 Å². The van der Waals surface area contributed by atoms with E-state index in [0.717, 1.165) is 96.3 Å². The van der Waals surface area contributed by atoms with E-state index in [1.165, 1.54) is 70.6 Å². The van der Waals surface area contributed by atoms with Gasteiger partial charge >= 0.3 is 39.5 Å². The number of ether oxygens (including phenoxy) is 4. The van der Waals surface area contributed by atoms with Gasteiger partial charge < -0.3 is 33.8 Å². The van der Waals surface area contributed by atoms with Crippen molar-refractivity contribution in [3.05, 3.63) is 0 Å². The molecule has 2 unspecified atom stereocenters. The molecule has 0 aromatic rings. The number of carbonyl (C=O) groups excluding carboxylic acids is 4. The van der Waals surface area contributed by atoms with Gasteiger partial charge in [-0.3, -0.25) is 37.3 Å². The van der Waals surface area contributed by atoms with E-state index >= 15 is 0 Å². The molecule has 0 aromatic carbocycles. The largest absolute Gasteiger partial charge is 0.472 e. The van der Waals surface area contributed by atoms with Crippen molar-refractivity contribution in [1.82, 2.24) is 0 Å². The molecule has 0 aliphatic rings. The summed E-state index contributed by atoms with van der Waals surface area (Å²) in [5.41, 5.74) is 0. The summed E-state index contributed by atoms with van der Waals surface area (Å²) in [6, 6.07) is 0. The van der Waals surface area contributed by atoms with Gasteiger partial charge in [0, 0.05) is 25.7 Å². The van der Waals surface area contributed by atoms with Crippen molar-refractivity contribution < 1.29 is 80.2 Å². The Morgan fingerprint density at radius 2 is 0.571 bits per heavy atom. The summed E-state index contributed by atoms with van der Waals surface area (Å²) in [4.78, 5) is 71.0. The summed E-state index contributed by atoms with van der Waals surface area (Å²) in [6.45, 7) is 4.59. The second kappa shape index (κ2) is 46.8. The molecular weight excluding hydrogens is 946 g/mol. The van der Waals surface area contributed by atoms with Crippen LogP contribution in [0.2, 0.25) is 0 Å². The predicted octanol–water partition coefficient (Wildman–Crippen LogP) is 12.9. The Bertz CT molecular complexity index is 1390. The summed E-state index contributed by atoms with van der Waals surface area (Å²) in [5.74, 6) is -2.18. The van der Waals surface area contributed by atoms with Gasteiger partial charge in [-0.15, -0.1) is 0 Å². The average Bonchev–Trinajstić information content (AvgIpc) is 3.33. The van der Waals surface area contributed by atoms with Crippen molar-refractivity contribution in [3.8, 4) is 0 Å². The first kappa shape index (κ1) is 68.1. The lowest BCUT2D eigenvalue weighted by Gasteiger charge is -2.21. The fourth-order valence-electron chi connectivity index (χ4n) is 7.34. The molecule has 70 heavy (non-hydrogen) atoms. The highest BCUT2D eigenvalue weighted by atomic mass is 31.2. The highest BCUT2D eigenvalue weighted by Crippen LogP contribution is 2.45. The number of unbranched alkanes of at least 4 members (excludes halogenated alkanes) is 26. The molecule has 0 aliphatic heterocycles. The van der Waals surface area contributed by atoms with E-state index in [4.69, 9.17) is 37.0 Å². The molecule has 19 heteroatoms. The van der Waals surface area contributed by atoms with Crippen LogP contribution >= 0.6 is 15.6 Å². The molecule has 0 saturated carbocycles. The van der Waals surface area contributed by atoms with Crippen molar-refractivity contribution in [1.29, 1.82) is 0 Å². The number of phosphoric acid groups is 2. The number of phosphoric ester groups is 2. The van der Waals surface area contributed by atoms with Crippen molar-refractivity contribution in [2.45, 2.75) is 264 Å². The zero-order chi connectivity index (χ0) is 52.0. The summed E-state index contributed by atoms with van der Waals surface area (Å²) in [5, 5.41) is 10.4. The third-order valence-corrected chi connectivity index (χ3v) is 13.5. The van der Waals surface area contributed by atoms with Crippen molar-refractivity contribution >= 4 is 39.5 Å². The van der Waals surface area contributed by atoms with E-state index in [1.807, 2.05) is 0 Å². The summed E-state index contributed by atoms with van der Waals surface area (Å²) in [7, 11) is -9.84. The molecule has 0 amide bonds. The Morgan fingerprint density at radius 1 is 0.343 bits per heavy atom. The van der Waals surface area contributed by atoms with E-state index < -0.39 is 97.5 Å². The third kappa shape index (κ3) is 45.9. The maximum absolute atomic E-state index is 12.8. The van der Waals surface area contributed by atoms with Crippen LogP contribution in [0.3, 0.4) is 0 Å². The highest BCUT2D eigenvalue weighted by Gasteiger charge is 2.30. The van der Waals surface area contributed by atoms with Gasteiger partial charge in [0.2, 0.25) is 0 Å². The Balaban J connectivity index is 5.14. The van der Waals surface area contributed by atoms with Gasteiger partial charge in [0.05, 0.1) is 26.4 Å². The van der Waals surface area contributed by atoms with E-state index in [2.05, 4.69) is 27.7 Å². The molecule has 3 N–H and O–H groups in total. The molecule has 5 atom stereocenters. The molecule has 0 saturated heterocycles. The molecule has 0 spiro atoms. The minimum absolute atomic E-state index is 0.0989. The maximum Gasteiger partial charge on any atom is 0.472 e. The molecule has 0 bridgehead atoms. The third-order valence-electron chi connectivity index (χ3n) is 11.6. The number of hydrogen-bond donors (Lipinski definition) is 3. The Hall–Kier alpha value is -1.94. The van der Waals surface area contributed by atoms with E-state index in [9.17, 15) is 43.2 Å². The number of esters is 4. The number of carbonyl (C=O) groups is 4. The zero-order valence-electron chi connectivity index (χ0n) is 44.0. The van der Waals surface area contributed by atoms with Crippen LogP contribution in [0.1, 0.15) is 246 Å². The summed E-state index contributed by atoms with van der Waals surface area (Å²) in [6.07, 6.45) is 27.3. The number of aliphatic hydroxyl groups excluding tert-OH is 1. The molecule has 0 rings (SSSR count). The van der Waals surface area contributed by atoms with E-state index in [-0.39, 0.29) is 25.7 Å². The van der Waals surface area contributed by atoms with Crippen LogP contribution < -0.4 is 0 Å². The fraction of sp³-hybridized carbons (Fsp3) is 0.922. The van der Waals surface area contributed by atoms with Gasteiger partial charge in [0.25, 0.3) is 0 Å². The molecule has 0 aromatic heterocycles. The van der Waals surface area contributed by atoms with Gasteiger partial charge in [-0.1, -0.05) is 195 Å². The van der Waals surface area contributed by atoms with Crippen LogP contribution in [0.25, 0.3) is 0 Å². The van der Waals surface area contributed by atoms with Crippen LogP contribution in [0.5, 0.6) is 0 Å². The first-order chi connectivity index (χ1) is 33.7.